The first-order valence-electron chi connectivity index (χ1n) is 9.10. The average molecular weight is 375 g/mol. The zero-order valence-electron chi connectivity index (χ0n) is 14.3. The molecule has 3 fully saturated rings. The number of hydrogen-bond acceptors (Lipinski definition) is 3. The number of fused-ring (bicyclic) bond motifs is 1. The lowest BCUT2D eigenvalue weighted by molar-refractivity contribution is -0.261. The van der Waals surface area contributed by atoms with Crippen molar-refractivity contribution in [2.75, 3.05) is 7.11 Å². The van der Waals surface area contributed by atoms with E-state index in [1.54, 1.807) is 0 Å². The molecule has 3 aliphatic rings. The summed E-state index contributed by atoms with van der Waals surface area (Å²) in [4.78, 5) is 0.501. The maximum atomic E-state index is 6.65. The maximum absolute atomic E-state index is 6.65. The van der Waals surface area contributed by atoms with E-state index < -0.39 is 0 Å². The fourth-order valence-corrected chi connectivity index (χ4v) is 6.38. The highest BCUT2D eigenvalue weighted by molar-refractivity contribution is 9.09. The van der Waals surface area contributed by atoms with E-state index in [-0.39, 0.29) is 18.5 Å². The highest BCUT2D eigenvalue weighted by Crippen LogP contribution is 2.58. The van der Waals surface area contributed by atoms with Crippen molar-refractivity contribution >= 4 is 15.9 Å². The standard InChI is InChI=1S/C18H31BrO3/c1-5-7-13-14(8-6-2)22-18(20-4)15-10(3)11-9-12(15)17(21-13)16(11)19/h10-18H,5-9H2,1-4H3/t10-,11+,12?,13-,14+,15+,16+,17+,18+/m0/s1. The highest BCUT2D eigenvalue weighted by Gasteiger charge is 2.60. The molecule has 1 saturated heterocycles. The number of methoxy groups -OCH3 is 1. The van der Waals surface area contributed by atoms with Crippen molar-refractivity contribution < 1.29 is 14.2 Å². The molecule has 2 saturated carbocycles. The Kier molecular flexibility index (Phi) is 5.53. The van der Waals surface area contributed by atoms with Crippen LogP contribution in [0.4, 0.5) is 0 Å². The summed E-state index contributed by atoms with van der Waals surface area (Å²) >= 11 is 3.96. The second-order valence-electron chi connectivity index (χ2n) is 7.44. The summed E-state index contributed by atoms with van der Waals surface area (Å²) in [5.41, 5.74) is 0. The third-order valence-electron chi connectivity index (χ3n) is 6.21. The van der Waals surface area contributed by atoms with Crippen molar-refractivity contribution in [3.8, 4) is 0 Å². The third kappa shape index (κ3) is 2.78. The van der Waals surface area contributed by atoms with Crippen LogP contribution in [0.5, 0.6) is 0 Å². The Balaban J connectivity index is 1.87. The Labute approximate surface area is 143 Å². The van der Waals surface area contributed by atoms with Crippen LogP contribution in [-0.2, 0) is 14.2 Å². The predicted octanol–water partition coefficient (Wildman–Crippen LogP) is 4.38. The number of ether oxygens (including phenoxy) is 3. The van der Waals surface area contributed by atoms with Crippen LogP contribution in [0.25, 0.3) is 0 Å². The Morgan fingerprint density at radius 3 is 2.23 bits per heavy atom. The largest absolute Gasteiger partial charge is 0.371 e. The van der Waals surface area contributed by atoms with Gasteiger partial charge in [-0.25, -0.2) is 0 Å². The van der Waals surface area contributed by atoms with E-state index in [1.807, 2.05) is 7.11 Å². The molecule has 0 spiro atoms. The summed E-state index contributed by atoms with van der Waals surface area (Å²) in [6.07, 6.45) is 6.31. The fraction of sp³-hybridized carbons (Fsp3) is 1.00. The van der Waals surface area contributed by atoms with Crippen LogP contribution in [0.3, 0.4) is 0 Å². The fourth-order valence-electron chi connectivity index (χ4n) is 5.17. The molecule has 2 aliphatic carbocycles. The third-order valence-corrected chi connectivity index (χ3v) is 7.41. The minimum Gasteiger partial charge on any atom is -0.371 e. The summed E-state index contributed by atoms with van der Waals surface area (Å²) in [6.45, 7) is 6.83. The molecule has 0 amide bonds. The molecular formula is C18H31BrO3. The molecule has 0 aromatic heterocycles. The molecule has 2 bridgehead atoms. The molecule has 1 aliphatic heterocycles. The molecule has 0 aromatic carbocycles. The van der Waals surface area contributed by atoms with Crippen molar-refractivity contribution in [1.82, 2.24) is 0 Å². The molecule has 128 valence electrons. The normalized spacial score (nSPS) is 50.9. The zero-order chi connectivity index (χ0) is 15.9. The van der Waals surface area contributed by atoms with Gasteiger partial charge in [0.25, 0.3) is 0 Å². The van der Waals surface area contributed by atoms with Gasteiger partial charge in [-0.05, 0) is 37.0 Å². The van der Waals surface area contributed by atoms with E-state index in [4.69, 9.17) is 14.2 Å². The van der Waals surface area contributed by atoms with Crippen LogP contribution in [0.2, 0.25) is 0 Å². The van der Waals surface area contributed by atoms with Gasteiger partial charge in [-0.15, -0.1) is 0 Å². The first-order valence-corrected chi connectivity index (χ1v) is 10.0. The summed E-state index contributed by atoms with van der Waals surface area (Å²) in [7, 11) is 1.81. The molecule has 3 nitrogen and oxygen atoms in total. The van der Waals surface area contributed by atoms with Gasteiger partial charge < -0.3 is 14.2 Å². The molecule has 0 radical (unpaired) electrons. The Bertz CT molecular complexity index is 377. The first-order chi connectivity index (χ1) is 10.6. The smallest absolute Gasteiger partial charge is 0.161 e. The summed E-state index contributed by atoms with van der Waals surface area (Å²) in [6, 6.07) is 0. The molecule has 1 unspecified atom stereocenters. The van der Waals surface area contributed by atoms with E-state index in [2.05, 4.69) is 36.7 Å². The maximum Gasteiger partial charge on any atom is 0.161 e. The molecule has 1 heterocycles. The SMILES string of the molecule is CCC[C@@H]1O[C@@H]2C3C[C@H]([C@H](C)[C@H]3[C@H](OC)O[C@@H]1CCC)[C@H]2Br. The quantitative estimate of drug-likeness (QED) is 0.668. The summed E-state index contributed by atoms with van der Waals surface area (Å²) in [5, 5.41) is 0. The van der Waals surface area contributed by atoms with E-state index in [1.165, 1.54) is 6.42 Å². The van der Waals surface area contributed by atoms with Gasteiger partial charge in [-0.1, -0.05) is 49.5 Å². The Morgan fingerprint density at radius 2 is 1.68 bits per heavy atom. The van der Waals surface area contributed by atoms with E-state index in [0.717, 1.165) is 25.7 Å². The molecule has 22 heavy (non-hydrogen) atoms. The number of hydrogen-bond donors (Lipinski definition) is 0. The van der Waals surface area contributed by atoms with E-state index >= 15 is 0 Å². The molecular weight excluding hydrogens is 344 g/mol. The Morgan fingerprint density at radius 1 is 1.05 bits per heavy atom. The van der Waals surface area contributed by atoms with Gasteiger partial charge in [0.15, 0.2) is 6.29 Å². The molecule has 4 heteroatoms. The van der Waals surface area contributed by atoms with Gasteiger partial charge in [0.05, 0.1) is 18.3 Å². The van der Waals surface area contributed by atoms with Crippen molar-refractivity contribution in [2.24, 2.45) is 23.7 Å². The monoisotopic (exact) mass is 374 g/mol. The van der Waals surface area contributed by atoms with Gasteiger partial charge in [0.1, 0.15) is 0 Å². The molecule has 9 atom stereocenters. The van der Waals surface area contributed by atoms with Crippen molar-refractivity contribution in [1.29, 1.82) is 0 Å². The van der Waals surface area contributed by atoms with Crippen LogP contribution in [0.1, 0.15) is 52.9 Å². The van der Waals surface area contributed by atoms with E-state index in [0.29, 0.717) is 34.6 Å². The second kappa shape index (κ2) is 7.08. The summed E-state index contributed by atoms with van der Waals surface area (Å²) < 4.78 is 18.9. The van der Waals surface area contributed by atoms with Crippen LogP contribution in [0.15, 0.2) is 0 Å². The minimum absolute atomic E-state index is 0.0627. The Hall–Kier alpha value is 0.360. The van der Waals surface area contributed by atoms with Crippen molar-refractivity contribution in [3.05, 3.63) is 0 Å². The van der Waals surface area contributed by atoms with Gasteiger partial charge in [0.2, 0.25) is 0 Å². The first kappa shape index (κ1) is 17.2. The second-order valence-corrected chi connectivity index (χ2v) is 8.50. The van der Waals surface area contributed by atoms with Crippen LogP contribution in [-0.4, -0.2) is 36.5 Å². The average Bonchev–Trinajstić information content (AvgIpc) is 2.97. The lowest BCUT2D eigenvalue weighted by atomic mass is 9.77. The van der Waals surface area contributed by atoms with Crippen molar-refractivity contribution in [3.63, 3.8) is 0 Å². The lowest BCUT2D eigenvalue weighted by Crippen LogP contribution is -2.52. The van der Waals surface area contributed by atoms with Gasteiger partial charge in [0, 0.05) is 17.9 Å². The van der Waals surface area contributed by atoms with Crippen LogP contribution >= 0.6 is 15.9 Å². The molecule has 0 aromatic rings. The van der Waals surface area contributed by atoms with Gasteiger partial charge in [-0.2, -0.15) is 0 Å². The minimum atomic E-state index is -0.0627. The number of alkyl halides is 1. The van der Waals surface area contributed by atoms with Crippen LogP contribution < -0.4 is 0 Å². The highest BCUT2D eigenvalue weighted by atomic mass is 79.9. The summed E-state index contributed by atoms with van der Waals surface area (Å²) in [5.74, 6) is 2.41. The zero-order valence-corrected chi connectivity index (χ0v) is 15.9. The number of rotatable bonds is 5. The van der Waals surface area contributed by atoms with Gasteiger partial charge >= 0.3 is 0 Å². The van der Waals surface area contributed by atoms with Gasteiger partial charge in [-0.3, -0.25) is 0 Å². The van der Waals surface area contributed by atoms with E-state index in [9.17, 15) is 0 Å². The number of halogens is 1. The van der Waals surface area contributed by atoms with Crippen molar-refractivity contribution in [2.45, 2.75) is 82.3 Å². The predicted molar refractivity (Wildman–Crippen MR) is 91.1 cm³/mol. The lowest BCUT2D eigenvalue weighted by Gasteiger charge is -2.46. The van der Waals surface area contributed by atoms with Crippen LogP contribution in [0, 0.1) is 23.7 Å². The topological polar surface area (TPSA) is 27.7 Å². The molecule has 3 rings (SSSR count). The molecule has 0 N–H and O–H groups in total.